The summed E-state index contributed by atoms with van der Waals surface area (Å²) in [6.45, 7) is 4.30. The Labute approximate surface area is 104 Å². The van der Waals surface area contributed by atoms with Gasteiger partial charge in [-0.05, 0) is 30.0 Å². The first kappa shape index (κ1) is 10.3. The second kappa shape index (κ2) is 3.68. The highest BCUT2D eigenvalue weighted by Crippen LogP contribution is 2.30. The fourth-order valence-electron chi connectivity index (χ4n) is 3.15. The smallest absolute Gasteiger partial charge is 0.203 e. The van der Waals surface area contributed by atoms with Gasteiger partial charge in [0.1, 0.15) is 5.82 Å². The molecule has 94 valence electrons. The number of aromatic nitrogens is 2. The number of hydrogen-bond acceptors (Lipinski definition) is 3. The standard InChI is InChI=1S/C13H15FN4/c14-10-1-2-11-12(3-10)17-13(16-11)18-6-8-4-15-5-9(8)7-18/h1-3,8-9,15H,4-7H2,(H,16,17)/t8-,9+. The van der Waals surface area contributed by atoms with Gasteiger partial charge in [-0.2, -0.15) is 0 Å². The van der Waals surface area contributed by atoms with Gasteiger partial charge in [-0.1, -0.05) is 0 Å². The molecule has 5 heteroatoms. The average Bonchev–Trinajstić information content (AvgIpc) is 2.99. The Morgan fingerprint density at radius 1 is 1.22 bits per heavy atom. The summed E-state index contributed by atoms with van der Waals surface area (Å²) in [5.41, 5.74) is 1.61. The summed E-state index contributed by atoms with van der Waals surface area (Å²) in [5, 5.41) is 3.42. The molecule has 3 heterocycles. The van der Waals surface area contributed by atoms with Crippen LogP contribution in [0.2, 0.25) is 0 Å². The molecule has 0 saturated carbocycles. The zero-order valence-corrected chi connectivity index (χ0v) is 9.99. The third kappa shape index (κ3) is 1.50. The topological polar surface area (TPSA) is 44.0 Å². The molecular weight excluding hydrogens is 231 g/mol. The van der Waals surface area contributed by atoms with Crippen molar-refractivity contribution < 1.29 is 4.39 Å². The molecule has 2 fully saturated rings. The van der Waals surface area contributed by atoms with Crippen LogP contribution in [-0.4, -0.2) is 36.1 Å². The van der Waals surface area contributed by atoms with E-state index in [1.807, 2.05) is 0 Å². The fourth-order valence-corrected chi connectivity index (χ4v) is 3.15. The first-order chi connectivity index (χ1) is 8.79. The van der Waals surface area contributed by atoms with Crippen molar-refractivity contribution in [2.45, 2.75) is 0 Å². The fraction of sp³-hybridized carbons (Fsp3) is 0.462. The van der Waals surface area contributed by atoms with Crippen molar-refractivity contribution in [1.82, 2.24) is 15.3 Å². The molecule has 0 spiro atoms. The first-order valence-electron chi connectivity index (χ1n) is 6.40. The number of halogens is 1. The Hall–Kier alpha value is -1.62. The molecular formula is C13H15FN4. The van der Waals surface area contributed by atoms with Crippen LogP contribution in [0.25, 0.3) is 11.0 Å². The lowest BCUT2D eigenvalue weighted by Gasteiger charge is -2.15. The molecule has 0 bridgehead atoms. The molecule has 2 aromatic rings. The SMILES string of the molecule is Fc1ccc2nc(N3C[C@H]4CNC[C@H]4C3)[nH]c2c1. The van der Waals surface area contributed by atoms with Gasteiger partial charge in [0.2, 0.25) is 5.95 Å². The number of anilines is 1. The Morgan fingerprint density at radius 3 is 2.78 bits per heavy atom. The van der Waals surface area contributed by atoms with Crippen molar-refractivity contribution >= 4 is 17.0 Å². The summed E-state index contributed by atoms with van der Waals surface area (Å²) in [4.78, 5) is 10.1. The molecule has 4 rings (SSSR count). The number of nitrogens with zero attached hydrogens (tertiary/aromatic N) is 2. The molecule has 2 atom stereocenters. The second-order valence-corrected chi connectivity index (χ2v) is 5.31. The second-order valence-electron chi connectivity index (χ2n) is 5.31. The van der Waals surface area contributed by atoms with Gasteiger partial charge >= 0.3 is 0 Å². The van der Waals surface area contributed by atoms with Crippen LogP contribution in [0.4, 0.5) is 10.3 Å². The molecule has 2 saturated heterocycles. The van der Waals surface area contributed by atoms with Gasteiger partial charge in [-0.15, -0.1) is 0 Å². The number of H-pyrrole nitrogens is 1. The lowest BCUT2D eigenvalue weighted by molar-refractivity contribution is 0.533. The highest BCUT2D eigenvalue weighted by molar-refractivity contribution is 5.77. The van der Waals surface area contributed by atoms with Crippen LogP contribution in [-0.2, 0) is 0 Å². The summed E-state index contributed by atoms with van der Waals surface area (Å²) < 4.78 is 13.1. The molecule has 1 aromatic heterocycles. The van der Waals surface area contributed by atoms with E-state index in [4.69, 9.17) is 0 Å². The summed E-state index contributed by atoms with van der Waals surface area (Å²) >= 11 is 0. The van der Waals surface area contributed by atoms with E-state index in [2.05, 4.69) is 20.2 Å². The lowest BCUT2D eigenvalue weighted by Crippen LogP contribution is -2.26. The molecule has 1 aromatic carbocycles. The minimum atomic E-state index is -0.222. The maximum atomic E-state index is 13.1. The highest BCUT2D eigenvalue weighted by Gasteiger charge is 2.37. The van der Waals surface area contributed by atoms with Crippen molar-refractivity contribution in [1.29, 1.82) is 0 Å². The van der Waals surface area contributed by atoms with Gasteiger partial charge in [0.25, 0.3) is 0 Å². The summed E-state index contributed by atoms with van der Waals surface area (Å²) in [7, 11) is 0. The van der Waals surface area contributed by atoms with E-state index >= 15 is 0 Å². The van der Waals surface area contributed by atoms with E-state index in [0.29, 0.717) is 0 Å². The molecule has 2 N–H and O–H groups in total. The van der Waals surface area contributed by atoms with Crippen molar-refractivity contribution in [3.63, 3.8) is 0 Å². The third-order valence-electron chi connectivity index (χ3n) is 4.12. The summed E-state index contributed by atoms with van der Waals surface area (Å²) in [6, 6.07) is 4.68. The average molecular weight is 246 g/mol. The minimum absolute atomic E-state index is 0.222. The number of fused-ring (bicyclic) bond motifs is 2. The zero-order valence-electron chi connectivity index (χ0n) is 9.99. The van der Waals surface area contributed by atoms with E-state index in [9.17, 15) is 4.39 Å². The van der Waals surface area contributed by atoms with Crippen LogP contribution in [0.15, 0.2) is 18.2 Å². The number of aromatic amines is 1. The van der Waals surface area contributed by atoms with Crippen molar-refractivity contribution in [2.24, 2.45) is 11.8 Å². The van der Waals surface area contributed by atoms with E-state index in [1.54, 1.807) is 6.07 Å². The lowest BCUT2D eigenvalue weighted by atomic mass is 10.0. The third-order valence-corrected chi connectivity index (χ3v) is 4.12. The normalized spacial score (nSPS) is 27.1. The number of benzene rings is 1. The van der Waals surface area contributed by atoms with Crippen molar-refractivity contribution in [2.75, 3.05) is 31.1 Å². The van der Waals surface area contributed by atoms with Crippen LogP contribution in [0.1, 0.15) is 0 Å². The van der Waals surface area contributed by atoms with Gasteiger partial charge in [0, 0.05) is 26.2 Å². The van der Waals surface area contributed by atoms with Crippen molar-refractivity contribution in [3.8, 4) is 0 Å². The molecule has 0 radical (unpaired) electrons. The monoisotopic (exact) mass is 246 g/mol. The van der Waals surface area contributed by atoms with E-state index in [-0.39, 0.29) is 5.82 Å². The van der Waals surface area contributed by atoms with Gasteiger partial charge in [0.05, 0.1) is 11.0 Å². The molecule has 2 aliphatic rings. The summed E-state index contributed by atoms with van der Waals surface area (Å²) in [5.74, 6) is 2.12. The predicted molar refractivity (Wildman–Crippen MR) is 68.1 cm³/mol. The Balaban J connectivity index is 1.67. The van der Waals surface area contributed by atoms with Crippen LogP contribution in [0.5, 0.6) is 0 Å². The van der Waals surface area contributed by atoms with Gasteiger partial charge < -0.3 is 15.2 Å². The molecule has 0 unspecified atom stereocenters. The van der Waals surface area contributed by atoms with Gasteiger partial charge in [-0.3, -0.25) is 0 Å². The zero-order chi connectivity index (χ0) is 12.1. The number of nitrogens with one attached hydrogen (secondary N) is 2. The first-order valence-corrected chi connectivity index (χ1v) is 6.40. The number of imidazole rings is 1. The quantitative estimate of drug-likeness (QED) is 0.798. The molecule has 2 aliphatic heterocycles. The maximum Gasteiger partial charge on any atom is 0.203 e. The maximum absolute atomic E-state index is 13.1. The minimum Gasteiger partial charge on any atom is -0.342 e. The van der Waals surface area contributed by atoms with Crippen molar-refractivity contribution in [3.05, 3.63) is 24.0 Å². The Morgan fingerprint density at radius 2 is 2.00 bits per heavy atom. The number of rotatable bonds is 1. The van der Waals surface area contributed by atoms with E-state index < -0.39 is 0 Å². The summed E-state index contributed by atoms with van der Waals surface area (Å²) in [6.07, 6.45) is 0. The van der Waals surface area contributed by atoms with Crippen LogP contribution in [0.3, 0.4) is 0 Å². The predicted octanol–water partition coefficient (Wildman–Crippen LogP) is 1.36. The largest absolute Gasteiger partial charge is 0.342 e. The molecule has 0 amide bonds. The van der Waals surface area contributed by atoms with E-state index in [1.165, 1.54) is 12.1 Å². The Kier molecular flexibility index (Phi) is 2.11. The number of hydrogen-bond donors (Lipinski definition) is 2. The van der Waals surface area contributed by atoms with E-state index in [0.717, 1.165) is 55.0 Å². The molecule has 18 heavy (non-hydrogen) atoms. The van der Waals surface area contributed by atoms with Crippen LogP contribution in [0, 0.1) is 17.7 Å². The van der Waals surface area contributed by atoms with Gasteiger partial charge in [0.15, 0.2) is 0 Å². The van der Waals surface area contributed by atoms with Crippen LogP contribution >= 0.6 is 0 Å². The van der Waals surface area contributed by atoms with Crippen LogP contribution < -0.4 is 10.2 Å². The highest BCUT2D eigenvalue weighted by atomic mass is 19.1. The molecule has 4 nitrogen and oxygen atoms in total. The Bertz CT molecular complexity index is 582. The van der Waals surface area contributed by atoms with Gasteiger partial charge in [-0.25, -0.2) is 9.37 Å². The molecule has 0 aliphatic carbocycles.